The number of anilines is 1. The van der Waals surface area contributed by atoms with Crippen LogP contribution in [0.2, 0.25) is 0 Å². The van der Waals surface area contributed by atoms with Gasteiger partial charge < -0.3 is 10.4 Å². The third-order valence-corrected chi connectivity index (χ3v) is 2.03. The van der Waals surface area contributed by atoms with Gasteiger partial charge >= 0.3 is 5.97 Å². The zero-order chi connectivity index (χ0) is 12.7. The molecule has 2 N–H and O–H groups in total. The van der Waals surface area contributed by atoms with E-state index < -0.39 is 5.97 Å². The van der Waals surface area contributed by atoms with Gasteiger partial charge in [-0.1, -0.05) is 13.2 Å². The van der Waals surface area contributed by atoms with E-state index in [-0.39, 0.29) is 6.42 Å². The molecule has 1 aromatic rings. The number of hydrogen-bond donors (Lipinski definition) is 2. The van der Waals surface area contributed by atoms with Crippen LogP contribution in [0.1, 0.15) is 24.2 Å². The van der Waals surface area contributed by atoms with Crippen molar-refractivity contribution in [3.8, 4) is 0 Å². The molecule has 90 valence electrons. The van der Waals surface area contributed by atoms with Crippen LogP contribution in [-0.2, 0) is 4.79 Å². The van der Waals surface area contributed by atoms with Crippen molar-refractivity contribution >= 4 is 24.1 Å². The Morgan fingerprint density at radius 3 is 2.41 bits per heavy atom. The maximum atomic E-state index is 10.3. The summed E-state index contributed by atoms with van der Waals surface area (Å²) in [5, 5.41) is 11.5. The van der Waals surface area contributed by atoms with Gasteiger partial charge in [-0.3, -0.25) is 4.79 Å². The largest absolute Gasteiger partial charge is 0.481 e. The zero-order valence-electron chi connectivity index (χ0n) is 9.52. The smallest absolute Gasteiger partial charge is 0.303 e. The highest BCUT2D eigenvalue weighted by Gasteiger charge is 2.01. The molecule has 0 saturated carbocycles. The van der Waals surface area contributed by atoms with E-state index in [9.17, 15) is 4.79 Å². The summed E-state index contributed by atoms with van der Waals surface area (Å²) in [6.45, 7) is 7.79. The Labute approximate surface area is 99.9 Å². The van der Waals surface area contributed by atoms with Crippen LogP contribution in [0, 0.1) is 0 Å². The minimum Gasteiger partial charge on any atom is -0.481 e. The number of aliphatic carboxylic acids is 1. The van der Waals surface area contributed by atoms with Gasteiger partial charge in [0.05, 0.1) is 11.4 Å². The molecule has 1 aromatic heterocycles. The van der Waals surface area contributed by atoms with Gasteiger partial charge in [0, 0.05) is 13.0 Å². The van der Waals surface area contributed by atoms with Crippen LogP contribution >= 0.6 is 0 Å². The van der Waals surface area contributed by atoms with Crippen molar-refractivity contribution < 1.29 is 9.90 Å². The Bertz CT molecular complexity index is 404. The lowest BCUT2D eigenvalue weighted by Gasteiger charge is -2.05. The summed E-state index contributed by atoms with van der Waals surface area (Å²) >= 11 is 0. The lowest BCUT2D eigenvalue weighted by Crippen LogP contribution is -2.08. The molecule has 0 aliphatic heterocycles. The van der Waals surface area contributed by atoms with Crippen molar-refractivity contribution in [2.75, 3.05) is 11.9 Å². The molecule has 0 saturated heterocycles. The Kier molecular flexibility index (Phi) is 4.87. The molecule has 0 amide bonds. The predicted octanol–water partition coefficient (Wildman–Crippen LogP) is 2.04. The van der Waals surface area contributed by atoms with Gasteiger partial charge in [-0.25, -0.2) is 9.97 Å². The second-order valence-corrected chi connectivity index (χ2v) is 3.37. The number of carboxylic acids is 1. The number of rotatable bonds is 7. The minimum atomic E-state index is -0.806. The fraction of sp³-hybridized carbons (Fsp3) is 0.250. The third-order valence-electron chi connectivity index (χ3n) is 2.03. The number of hydrogen-bond acceptors (Lipinski definition) is 4. The number of nitrogens with zero attached hydrogens (tertiary/aromatic N) is 2. The zero-order valence-corrected chi connectivity index (χ0v) is 9.52. The Morgan fingerprint density at radius 1 is 1.35 bits per heavy atom. The fourth-order valence-corrected chi connectivity index (χ4v) is 1.21. The molecule has 0 radical (unpaired) electrons. The maximum absolute atomic E-state index is 10.3. The van der Waals surface area contributed by atoms with E-state index in [1.165, 1.54) is 0 Å². The molecular formula is C12H15N3O2. The molecule has 0 fully saturated rings. The normalized spacial score (nSPS) is 9.65. The van der Waals surface area contributed by atoms with Crippen molar-refractivity contribution in [3.63, 3.8) is 0 Å². The molecule has 0 bridgehead atoms. The topological polar surface area (TPSA) is 75.1 Å². The Balaban J connectivity index is 2.60. The Morgan fingerprint density at radius 2 is 1.94 bits per heavy atom. The molecule has 0 aliphatic rings. The van der Waals surface area contributed by atoms with Crippen LogP contribution in [-0.4, -0.2) is 27.6 Å². The van der Waals surface area contributed by atoms with E-state index in [2.05, 4.69) is 28.4 Å². The van der Waals surface area contributed by atoms with Gasteiger partial charge in [0.1, 0.15) is 0 Å². The molecule has 1 rings (SSSR count). The summed E-state index contributed by atoms with van der Waals surface area (Å²) in [5.41, 5.74) is 1.41. The lowest BCUT2D eigenvalue weighted by atomic mass is 10.3. The van der Waals surface area contributed by atoms with Crippen molar-refractivity contribution in [2.45, 2.75) is 12.8 Å². The summed E-state index contributed by atoms with van der Waals surface area (Å²) in [5.74, 6) is -0.345. The van der Waals surface area contributed by atoms with E-state index in [1.54, 1.807) is 18.2 Å². The molecule has 0 aliphatic carbocycles. The van der Waals surface area contributed by atoms with E-state index in [4.69, 9.17) is 5.11 Å². The molecule has 0 aromatic carbocycles. The van der Waals surface area contributed by atoms with Crippen LogP contribution < -0.4 is 5.32 Å². The first-order valence-corrected chi connectivity index (χ1v) is 5.25. The minimum absolute atomic E-state index is 0.127. The standard InChI is InChI=1S/C12H15N3O2/c1-3-9-8-10(4-2)15-12(14-9)13-7-5-6-11(16)17/h3-4,8H,1-2,5-7H2,(H,16,17)(H,13,14,15). The van der Waals surface area contributed by atoms with Crippen LogP contribution in [0.3, 0.4) is 0 Å². The van der Waals surface area contributed by atoms with Crippen LogP contribution in [0.5, 0.6) is 0 Å². The van der Waals surface area contributed by atoms with Crippen LogP contribution in [0.25, 0.3) is 12.2 Å². The fourth-order valence-electron chi connectivity index (χ4n) is 1.21. The van der Waals surface area contributed by atoms with Gasteiger partial charge in [-0.15, -0.1) is 0 Å². The van der Waals surface area contributed by atoms with Crippen molar-refractivity contribution in [1.29, 1.82) is 0 Å². The monoisotopic (exact) mass is 233 g/mol. The van der Waals surface area contributed by atoms with E-state index in [0.29, 0.717) is 30.3 Å². The average molecular weight is 233 g/mol. The molecule has 5 heteroatoms. The van der Waals surface area contributed by atoms with Crippen molar-refractivity contribution in [1.82, 2.24) is 9.97 Å². The first kappa shape index (κ1) is 12.9. The van der Waals surface area contributed by atoms with Crippen molar-refractivity contribution in [2.24, 2.45) is 0 Å². The molecule has 0 spiro atoms. The summed E-state index contributed by atoms with van der Waals surface area (Å²) in [6, 6.07) is 1.77. The third kappa shape index (κ3) is 4.46. The highest BCUT2D eigenvalue weighted by atomic mass is 16.4. The van der Waals surface area contributed by atoms with Gasteiger partial charge in [0.25, 0.3) is 0 Å². The summed E-state index contributed by atoms with van der Waals surface area (Å²) < 4.78 is 0. The molecule has 1 heterocycles. The highest BCUT2D eigenvalue weighted by molar-refractivity contribution is 5.66. The quantitative estimate of drug-likeness (QED) is 0.705. The molecule has 0 unspecified atom stereocenters. The van der Waals surface area contributed by atoms with Gasteiger partial charge in [-0.05, 0) is 24.6 Å². The maximum Gasteiger partial charge on any atom is 0.303 e. The lowest BCUT2D eigenvalue weighted by molar-refractivity contribution is -0.137. The number of nitrogens with one attached hydrogen (secondary N) is 1. The van der Waals surface area contributed by atoms with E-state index in [1.807, 2.05) is 0 Å². The molecule has 0 atom stereocenters. The van der Waals surface area contributed by atoms with Gasteiger partial charge in [0.15, 0.2) is 0 Å². The van der Waals surface area contributed by atoms with Crippen LogP contribution in [0.4, 0.5) is 5.95 Å². The number of carbonyl (C=O) groups is 1. The number of aromatic nitrogens is 2. The van der Waals surface area contributed by atoms with Crippen LogP contribution in [0.15, 0.2) is 19.2 Å². The second kappa shape index (κ2) is 6.42. The first-order chi connectivity index (χ1) is 8.15. The molecule has 17 heavy (non-hydrogen) atoms. The molecule has 5 nitrogen and oxygen atoms in total. The predicted molar refractivity (Wildman–Crippen MR) is 67.6 cm³/mol. The van der Waals surface area contributed by atoms with Gasteiger partial charge in [-0.2, -0.15) is 0 Å². The summed E-state index contributed by atoms with van der Waals surface area (Å²) in [7, 11) is 0. The van der Waals surface area contributed by atoms with E-state index in [0.717, 1.165) is 0 Å². The Hall–Kier alpha value is -2.17. The summed E-state index contributed by atoms with van der Waals surface area (Å²) in [4.78, 5) is 18.7. The average Bonchev–Trinajstić information content (AvgIpc) is 2.34. The molecular weight excluding hydrogens is 218 g/mol. The second-order valence-electron chi connectivity index (χ2n) is 3.37. The van der Waals surface area contributed by atoms with Crippen molar-refractivity contribution in [3.05, 3.63) is 30.6 Å². The highest BCUT2D eigenvalue weighted by Crippen LogP contribution is 2.08. The summed E-state index contributed by atoms with van der Waals surface area (Å²) in [6.07, 6.45) is 3.90. The van der Waals surface area contributed by atoms with Gasteiger partial charge in [0.2, 0.25) is 5.95 Å². The SMILES string of the molecule is C=Cc1cc(C=C)nc(NCCCC(=O)O)n1. The number of carboxylic acid groups (broad SMARTS) is 1. The first-order valence-electron chi connectivity index (χ1n) is 5.25. The van der Waals surface area contributed by atoms with E-state index >= 15 is 0 Å².